The minimum absolute atomic E-state index is 0.0105. The summed E-state index contributed by atoms with van der Waals surface area (Å²) in [5, 5.41) is 4.70. The Kier molecular flexibility index (Phi) is 4.03. The highest BCUT2D eigenvalue weighted by atomic mass is 32.2. The third kappa shape index (κ3) is 2.52. The molecule has 0 saturated carbocycles. The van der Waals surface area contributed by atoms with Crippen molar-refractivity contribution >= 4 is 22.1 Å². The highest BCUT2D eigenvalue weighted by Crippen LogP contribution is 2.27. The Hall–Kier alpha value is -1.19. The summed E-state index contributed by atoms with van der Waals surface area (Å²) < 4.78 is 27.3. The first-order chi connectivity index (χ1) is 9.32. The molecule has 20 heavy (non-hydrogen) atoms. The van der Waals surface area contributed by atoms with E-state index in [-0.39, 0.29) is 13.1 Å². The van der Waals surface area contributed by atoms with E-state index in [4.69, 9.17) is 0 Å². The first kappa shape index (κ1) is 15.2. The first-order valence-electron chi connectivity index (χ1n) is 6.67. The van der Waals surface area contributed by atoms with Crippen LogP contribution in [0.1, 0.15) is 26.2 Å². The molecular formula is C11H20N4O4S. The molecule has 0 aliphatic carbocycles. The van der Waals surface area contributed by atoms with Gasteiger partial charge in [-0.05, 0) is 12.8 Å². The topological polar surface area (TPSA) is 98.8 Å². The van der Waals surface area contributed by atoms with Gasteiger partial charge >= 0.3 is 6.03 Å². The van der Waals surface area contributed by atoms with Crippen LogP contribution in [0.2, 0.25) is 0 Å². The van der Waals surface area contributed by atoms with E-state index in [1.54, 1.807) is 0 Å². The van der Waals surface area contributed by atoms with E-state index in [9.17, 15) is 18.0 Å². The number of carbonyl (C=O) groups excluding carboxylic acids is 2. The number of amides is 3. The van der Waals surface area contributed by atoms with Gasteiger partial charge < -0.3 is 5.32 Å². The van der Waals surface area contributed by atoms with Crippen molar-refractivity contribution < 1.29 is 18.0 Å². The Balaban J connectivity index is 2.09. The smallest absolute Gasteiger partial charge is 0.322 e. The maximum absolute atomic E-state index is 12.4. The number of hydrogen-bond acceptors (Lipinski definition) is 4. The summed E-state index contributed by atoms with van der Waals surface area (Å²) in [6.07, 6.45) is 1.99. The molecule has 2 aliphatic rings. The molecule has 1 unspecified atom stereocenters. The number of urea groups is 1. The van der Waals surface area contributed by atoms with Gasteiger partial charge in [-0.3, -0.25) is 10.1 Å². The molecular weight excluding hydrogens is 284 g/mol. The summed E-state index contributed by atoms with van der Waals surface area (Å²) in [7, 11) is -2.05. The average molecular weight is 304 g/mol. The number of unbranched alkanes of at least 4 members (excludes halogenated alkanes) is 1. The van der Waals surface area contributed by atoms with E-state index >= 15 is 0 Å². The molecule has 2 fully saturated rings. The van der Waals surface area contributed by atoms with Gasteiger partial charge in [-0.2, -0.15) is 17.0 Å². The van der Waals surface area contributed by atoms with Crippen molar-refractivity contribution in [1.29, 1.82) is 0 Å². The highest BCUT2D eigenvalue weighted by Gasteiger charge is 2.53. The lowest BCUT2D eigenvalue weighted by Gasteiger charge is -2.25. The Morgan fingerprint density at radius 3 is 2.65 bits per heavy atom. The second-order valence-corrected chi connectivity index (χ2v) is 7.29. The normalized spacial score (nSPS) is 27.4. The van der Waals surface area contributed by atoms with Crippen LogP contribution < -0.4 is 10.6 Å². The number of nitrogens with one attached hydrogen (secondary N) is 2. The minimum atomic E-state index is -3.58. The number of hydrogen-bond donors (Lipinski definition) is 2. The van der Waals surface area contributed by atoms with Crippen molar-refractivity contribution in [3.8, 4) is 0 Å². The number of carbonyl (C=O) groups is 2. The van der Waals surface area contributed by atoms with Crippen LogP contribution in [0, 0.1) is 0 Å². The van der Waals surface area contributed by atoms with Gasteiger partial charge in [0.1, 0.15) is 5.54 Å². The molecule has 0 aromatic carbocycles. The zero-order chi connectivity index (χ0) is 15.0. The minimum Gasteiger partial charge on any atom is -0.322 e. The molecule has 114 valence electrons. The molecule has 1 atom stereocenters. The van der Waals surface area contributed by atoms with Gasteiger partial charge in [0.15, 0.2) is 0 Å². The molecule has 0 bridgehead atoms. The van der Waals surface area contributed by atoms with Crippen LogP contribution in [-0.4, -0.2) is 61.2 Å². The van der Waals surface area contributed by atoms with Gasteiger partial charge in [-0.1, -0.05) is 13.3 Å². The van der Waals surface area contributed by atoms with Crippen molar-refractivity contribution in [2.24, 2.45) is 0 Å². The Bertz CT molecular complexity index is 521. The van der Waals surface area contributed by atoms with Crippen LogP contribution in [0.3, 0.4) is 0 Å². The molecule has 1 spiro atoms. The number of nitrogens with zero attached hydrogens (tertiary/aromatic N) is 2. The van der Waals surface area contributed by atoms with E-state index < -0.39 is 27.7 Å². The quantitative estimate of drug-likeness (QED) is 0.653. The Labute approximate surface area is 118 Å². The van der Waals surface area contributed by atoms with Crippen LogP contribution in [0.15, 0.2) is 0 Å². The standard InChI is InChI=1S/C11H20N4O4S/c1-3-4-6-14(2)20(18,19)15-7-5-11(8-15)9(16)12-10(17)13-11/h3-8H2,1-2H3,(H2,12,13,16,17). The molecule has 2 heterocycles. The van der Waals surface area contributed by atoms with E-state index in [0.717, 1.165) is 12.8 Å². The van der Waals surface area contributed by atoms with E-state index in [1.165, 1.54) is 15.7 Å². The predicted octanol–water partition coefficient (Wildman–Crippen LogP) is -0.753. The predicted molar refractivity (Wildman–Crippen MR) is 72.1 cm³/mol. The highest BCUT2D eigenvalue weighted by molar-refractivity contribution is 7.86. The molecule has 0 aromatic rings. The molecule has 9 heteroatoms. The summed E-state index contributed by atoms with van der Waals surface area (Å²) in [6.45, 7) is 2.65. The largest absolute Gasteiger partial charge is 0.322 e. The monoisotopic (exact) mass is 304 g/mol. The van der Waals surface area contributed by atoms with Crippen molar-refractivity contribution in [3.05, 3.63) is 0 Å². The lowest BCUT2D eigenvalue weighted by molar-refractivity contribution is -0.123. The molecule has 2 aliphatic heterocycles. The van der Waals surface area contributed by atoms with Gasteiger partial charge in [0.05, 0.1) is 0 Å². The van der Waals surface area contributed by atoms with Gasteiger partial charge in [-0.25, -0.2) is 4.79 Å². The van der Waals surface area contributed by atoms with Crippen molar-refractivity contribution in [1.82, 2.24) is 19.2 Å². The molecule has 8 nitrogen and oxygen atoms in total. The van der Waals surface area contributed by atoms with Gasteiger partial charge in [-0.15, -0.1) is 0 Å². The lowest BCUT2D eigenvalue weighted by atomic mass is 10.00. The second kappa shape index (κ2) is 5.30. The third-order valence-corrected chi connectivity index (χ3v) is 5.73. The first-order valence-corrected chi connectivity index (χ1v) is 8.06. The fourth-order valence-electron chi connectivity index (χ4n) is 2.48. The maximum atomic E-state index is 12.4. The fourth-order valence-corrected chi connectivity index (χ4v) is 3.94. The van der Waals surface area contributed by atoms with E-state index in [2.05, 4.69) is 10.6 Å². The number of rotatable bonds is 5. The van der Waals surface area contributed by atoms with E-state index in [0.29, 0.717) is 13.0 Å². The van der Waals surface area contributed by atoms with Crippen LogP contribution in [-0.2, 0) is 15.0 Å². The van der Waals surface area contributed by atoms with Gasteiger partial charge in [0.2, 0.25) is 0 Å². The van der Waals surface area contributed by atoms with Crippen molar-refractivity contribution in [2.45, 2.75) is 31.7 Å². The summed E-state index contributed by atoms with van der Waals surface area (Å²) in [4.78, 5) is 23.0. The van der Waals surface area contributed by atoms with Crippen LogP contribution in [0.4, 0.5) is 4.79 Å². The third-order valence-electron chi connectivity index (χ3n) is 3.80. The zero-order valence-corrected chi connectivity index (χ0v) is 12.5. The molecule has 2 N–H and O–H groups in total. The second-order valence-electron chi connectivity index (χ2n) is 5.26. The molecule has 0 aromatic heterocycles. The lowest BCUT2D eigenvalue weighted by Crippen LogP contribution is -2.51. The van der Waals surface area contributed by atoms with Crippen molar-refractivity contribution in [2.75, 3.05) is 26.7 Å². The molecule has 0 radical (unpaired) electrons. The summed E-state index contributed by atoms with van der Waals surface area (Å²) >= 11 is 0. The summed E-state index contributed by atoms with van der Waals surface area (Å²) in [5.74, 6) is -0.448. The molecule has 2 rings (SSSR count). The number of imide groups is 1. The SMILES string of the molecule is CCCCN(C)S(=O)(=O)N1CCC2(C1)NC(=O)NC2=O. The fraction of sp³-hybridized carbons (Fsp3) is 0.818. The van der Waals surface area contributed by atoms with Crippen LogP contribution in [0.5, 0.6) is 0 Å². The van der Waals surface area contributed by atoms with Gasteiger partial charge in [0.25, 0.3) is 16.1 Å². The Morgan fingerprint density at radius 2 is 2.10 bits per heavy atom. The van der Waals surface area contributed by atoms with Gasteiger partial charge in [0, 0.05) is 26.7 Å². The van der Waals surface area contributed by atoms with Crippen molar-refractivity contribution in [3.63, 3.8) is 0 Å². The summed E-state index contributed by atoms with van der Waals surface area (Å²) in [5.41, 5.74) is -1.10. The van der Waals surface area contributed by atoms with Crippen LogP contribution >= 0.6 is 0 Å². The molecule has 2 saturated heterocycles. The zero-order valence-electron chi connectivity index (χ0n) is 11.7. The maximum Gasteiger partial charge on any atom is 0.322 e. The average Bonchev–Trinajstić information content (AvgIpc) is 2.92. The summed E-state index contributed by atoms with van der Waals surface area (Å²) in [6, 6.07) is -0.561. The van der Waals surface area contributed by atoms with E-state index in [1.807, 2.05) is 6.92 Å². The molecule has 3 amide bonds. The van der Waals surface area contributed by atoms with Crippen LogP contribution in [0.25, 0.3) is 0 Å². The Morgan fingerprint density at radius 1 is 1.40 bits per heavy atom.